The molecule has 0 spiro atoms. The second-order valence-electron chi connectivity index (χ2n) is 5.49. The summed E-state index contributed by atoms with van der Waals surface area (Å²) >= 11 is 0. The van der Waals surface area contributed by atoms with E-state index in [1.807, 2.05) is 12.1 Å². The molecule has 1 fully saturated rings. The summed E-state index contributed by atoms with van der Waals surface area (Å²) in [6.07, 6.45) is 3.93. The maximum atomic E-state index is 12.8. The number of amides is 1. The molecule has 1 saturated heterocycles. The molecule has 1 N–H and O–H groups in total. The lowest BCUT2D eigenvalue weighted by Crippen LogP contribution is -2.19. The minimum atomic E-state index is -0.302. The van der Waals surface area contributed by atoms with Gasteiger partial charge in [0, 0.05) is 24.3 Å². The number of nitrogens with one attached hydrogen (secondary N) is 1. The third-order valence-corrected chi connectivity index (χ3v) is 3.85. The minimum Gasteiger partial charge on any atom is -0.372 e. The van der Waals surface area contributed by atoms with Crippen LogP contribution in [0.15, 0.2) is 53.6 Å². The highest BCUT2D eigenvalue weighted by Gasteiger charge is 2.12. The summed E-state index contributed by atoms with van der Waals surface area (Å²) in [5, 5.41) is 3.89. The van der Waals surface area contributed by atoms with Crippen LogP contribution in [-0.2, 0) is 0 Å². The Labute approximate surface area is 134 Å². The van der Waals surface area contributed by atoms with Crippen molar-refractivity contribution in [3.8, 4) is 0 Å². The Balaban J connectivity index is 1.58. The quantitative estimate of drug-likeness (QED) is 0.696. The third kappa shape index (κ3) is 3.94. The standard InChI is InChI=1S/C18H18FN3O/c19-16-7-3-14(4-8-16)13-20-21-18(23)15-5-9-17(10-6-15)22-11-1-2-12-22/h3-10,13H,1-2,11-12H2,(H,21,23)/b20-13-. The maximum absolute atomic E-state index is 12.8. The Hall–Kier alpha value is -2.69. The number of halogens is 1. The van der Waals surface area contributed by atoms with Crippen molar-refractivity contribution in [3.05, 3.63) is 65.5 Å². The van der Waals surface area contributed by atoms with Crippen LogP contribution < -0.4 is 10.3 Å². The molecule has 1 amide bonds. The maximum Gasteiger partial charge on any atom is 0.271 e. The molecule has 0 radical (unpaired) electrons. The first kappa shape index (κ1) is 15.2. The lowest BCUT2D eigenvalue weighted by molar-refractivity contribution is 0.0955. The number of hydrogen-bond acceptors (Lipinski definition) is 3. The molecule has 2 aromatic rings. The van der Waals surface area contributed by atoms with Gasteiger partial charge >= 0.3 is 0 Å². The highest BCUT2D eigenvalue weighted by molar-refractivity contribution is 5.95. The van der Waals surface area contributed by atoms with Crippen molar-refractivity contribution < 1.29 is 9.18 Å². The average molecular weight is 311 g/mol. The van der Waals surface area contributed by atoms with Gasteiger partial charge in [0.1, 0.15) is 5.82 Å². The van der Waals surface area contributed by atoms with Crippen LogP contribution in [0.5, 0.6) is 0 Å². The van der Waals surface area contributed by atoms with Crippen molar-refractivity contribution in [2.45, 2.75) is 12.8 Å². The summed E-state index contributed by atoms with van der Waals surface area (Å²) in [6, 6.07) is 13.4. The number of carbonyl (C=O) groups excluding carboxylic acids is 1. The molecule has 0 unspecified atom stereocenters. The van der Waals surface area contributed by atoms with Gasteiger partial charge in [-0.15, -0.1) is 0 Å². The molecular formula is C18H18FN3O. The zero-order chi connectivity index (χ0) is 16.1. The number of benzene rings is 2. The van der Waals surface area contributed by atoms with Crippen molar-refractivity contribution >= 4 is 17.8 Å². The molecule has 0 bridgehead atoms. The van der Waals surface area contributed by atoms with Crippen molar-refractivity contribution in [2.75, 3.05) is 18.0 Å². The van der Waals surface area contributed by atoms with Crippen LogP contribution in [0.2, 0.25) is 0 Å². The fourth-order valence-electron chi connectivity index (χ4n) is 2.58. The highest BCUT2D eigenvalue weighted by Crippen LogP contribution is 2.20. The highest BCUT2D eigenvalue weighted by atomic mass is 19.1. The van der Waals surface area contributed by atoms with E-state index >= 15 is 0 Å². The van der Waals surface area contributed by atoms with E-state index < -0.39 is 0 Å². The molecule has 1 aliphatic rings. The molecule has 3 rings (SSSR count). The Morgan fingerprint density at radius 1 is 1.04 bits per heavy atom. The van der Waals surface area contributed by atoms with Crippen molar-refractivity contribution in [1.82, 2.24) is 5.43 Å². The van der Waals surface area contributed by atoms with E-state index in [9.17, 15) is 9.18 Å². The van der Waals surface area contributed by atoms with E-state index in [0.29, 0.717) is 5.56 Å². The van der Waals surface area contributed by atoms with Gasteiger partial charge in [-0.1, -0.05) is 12.1 Å². The zero-order valence-electron chi connectivity index (χ0n) is 12.7. The fourth-order valence-corrected chi connectivity index (χ4v) is 2.58. The summed E-state index contributed by atoms with van der Waals surface area (Å²) in [5.74, 6) is -0.569. The Morgan fingerprint density at radius 2 is 1.70 bits per heavy atom. The van der Waals surface area contributed by atoms with Crippen LogP contribution in [0, 0.1) is 5.82 Å². The summed E-state index contributed by atoms with van der Waals surface area (Å²) in [5.41, 5.74) is 4.90. The minimum absolute atomic E-state index is 0.267. The number of hydrogen-bond donors (Lipinski definition) is 1. The number of rotatable bonds is 4. The van der Waals surface area contributed by atoms with E-state index in [0.717, 1.165) is 24.3 Å². The van der Waals surface area contributed by atoms with Gasteiger partial charge in [0.05, 0.1) is 6.21 Å². The third-order valence-electron chi connectivity index (χ3n) is 3.85. The van der Waals surface area contributed by atoms with Gasteiger partial charge in [0.15, 0.2) is 0 Å². The van der Waals surface area contributed by atoms with Crippen LogP contribution in [0.1, 0.15) is 28.8 Å². The first-order chi connectivity index (χ1) is 11.2. The molecule has 2 aromatic carbocycles. The topological polar surface area (TPSA) is 44.7 Å². The SMILES string of the molecule is O=C(N/N=C\c1ccc(F)cc1)c1ccc(N2CCCC2)cc1. The molecule has 1 aliphatic heterocycles. The Kier molecular flexibility index (Phi) is 4.66. The fraction of sp³-hybridized carbons (Fsp3) is 0.222. The molecule has 0 atom stereocenters. The monoisotopic (exact) mass is 311 g/mol. The second kappa shape index (κ2) is 7.05. The normalized spacial score (nSPS) is 14.4. The van der Waals surface area contributed by atoms with Crippen LogP contribution in [0.25, 0.3) is 0 Å². The number of hydrazone groups is 1. The van der Waals surface area contributed by atoms with Gasteiger partial charge in [-0.3, -0.25) is 4.79 Å². The average Bonchev–Trinajstić information content (AvgIpc) is 3.11. The lowest BCUT2D eigenvalue weighted by atomic mass is 10.2. The predicted molar refractivity (Wildman–Crippen MR) is 89.3 cm³/mol. The summed E-state index contributed by atoms with van der Waals surface area (Å²) in [6.45, 7) is 2.15. The van der Waals surface area contributed by atoms with Gasteiger partial charge in [-0.25, -0.2) is 9.82 Å². The van der Waals surface area contributed by atoms with Gasteiger partial charge in [0.2, 0.25) is 0 Å². The molecule has 118 valence electrons. The zero-order valence-corrected chi connectivity index (χ0v) is 12.7. The van der Waals surface area contributed by atoms with Crippen LogP contribution in [0.4, 0.5) is 10.1 Å². The number of anilines is 1. The van der Waals surface area contributed by atoms with Gasteiger partial charge in [-0.2, -0.15) is 5.10 Å². The van der Waals surface area contributed by atoms with Crippen molar-refractivity contribution in [1.29, 1.82) is 0 Å². The van der Waals surface area contributed by atoms with E-state index in [1.165, 1.54) is 31.2 Å². The van der Waals surface area contributed by atoms with E-state index in [1.54, 1.807) is 24.3 Å². The van der Waals surface area contributed by atoms with Gasteiger partial charge in [0.25, 0.3) is 5.91 Å². The number of carbonyl (C=O) groups is 1. The van der Waals surface area contributed by atoms with E-state index in [4.69, 9.17) is 0 Å². The summed E-state index contributed by atoms with van der Waals surface area (Å²) in [4.78, 5) is 14.3. The second-order valence-corrected chi connectivity index (χ2v) is 5.49. The first-order valence-electron chi connectivity index (χ1n) is 7.66. The van der Waals surface area contributed by atoms with E-state index in [-0.39, 0.29) is 11.7 Å². The van der Waals surface area contributed by atoms with Gasteiger partial charge in [-0.05, 0) is 54.8 Å². The lowest BCUT2D eigenvalue weighted by Gasteiger charge is -2.17. The molecular weight excluding hydrogens is 293 g/mol. The molecule has 23 heavy (non-hydrogen) atoms. The van der Waals surface area contributed by atoms with E-state index in [2.05, 4.69) is 15.4 Å². The largest absolute Gasteiger partial charge is 0.372 e. The molecule has 4 nitrogen and oxygen atoms in total. The van der Waals surface area contributed by atoms with Gasteiger partial charge < -0.3 is 4.90 Å². The Bertz CT molecular complexity index is 689. The molecule has 0 saturated carbocycles. The van der Waals surface area contributed by atoms with Crippen LogP contribution in [-0.4, -0.2) is 25.2 Å². The Morgan fingerprint density at radius 3 is 2.35 bits per heavy atom. The van der Waals surface area contributed by atoms with Crippen molar-refractivity contribution in [3.63, 3.8) is 0 Å². The first-order valence-corrected chi connectivity index (χ1v) is 7.66. The smallest absolute Gasteiger partial charge is 0.271 e. The summed E-state index contributed by atoms with van der Waals surface area (Å²) < 4.78 is 12.8. The molecule has 5 heteroatoms. The molecule has 0 aliphatic carbocycles. The van der Waals surface area contributed by atoms with Crippen LogP contribution >= 0.6 is 0 Å². The molecule has 0 aromatic heterocycles. The predicted octanol–water partition coefficient (Wildman–Crippen LogP) is 3.19. The molecule has 1 heterocycles. The number of nitrogens with zero attached hydrogens (tertiary/aromatic N) is 2. The van der Waals surface area contributed by atoms with Crippen LogP contribution in [0.3, 0.4) is 0 Å². The van der Waals surface area contributed by atoms with Crippen molar-refractivity contribution in [2.24, 2.45) is 5.10 Å². The summed E-state index contributed by atoms with van der Waals surface area (Å²) in [7, 11) is 0.